The van der Waals surface area contributed by atoms with Crippen LogP contribution < -0.4 is 5.32 Å². The van der Waals surface area contributed by atoms with Crippen LogP contribution in [0.2, 0.25) is 0 Å². The fourth-order valence-corrected chi connectivity index (χ4v) is 2.49. The lowest BCUT2D eigenvalue weighted by atomic mass is 10.2. The molecule has 6 nitrogen and oxygen atoms in total. The Morgan fingerprint density at radius 3 is 2.85 bits per heavy atom. The van der Waals surface area contributed by atoms with E-state index in [-0.39, 0.29) is 10.6 Å². The molecule has 1 saturated heterocycles. The molecule has 1 N–H and O–H groups in total. The first-order valence-corrected chi connectivity index (χ1v) is 7.40. The number of hydrogen-bond donors (Lipinski definition) is 1. The molecule has 0 saturated carbocycles. The van der Waals surface area contributed by atoms with Crippen LogP contribution in [-0.2, 0) is 11.3 Å². The number of nitro benzene ring substituents is 1. The Bertz CT molecular complexity index is 464. The van der Waals surface area contributed by atoms with Crippen LogP contribution in [0, 0.1) is 10.1 Å². The average Bonchev–Trinajstić information content (AvgIpc) is 2.46. The predicted octanol–water partition coefficient (Wildman–Crippen LogP) is 1.78. The highest BCUT2D eigenvalue weighted by Crippen LogP contribution is 2.25. The number of rotatable bonds is 6. The van der Waals surface area contributed by atoms with E-state index in [2.05, 4.69) is 26.1 Å². The maximum absolute atomic E-state index is 10.8. The molecule has 0 aromatic heterocycles. The molecule has 2 rings (SSSR count). The van der Waals surface area contributed by atoms with Crippen LogP contribution in [0.3, 0.4) is 0 Å². The van der Waals surface area contributed by atoms with Crippen molar-refractivity contribution in [2.24, 2.45) is 0 Å². The third kappa shape index (κ3) is 4.52. The van der Waals surface area contributed by atoms with Crippen molar-refractivity contribution >= 4 is 21.6 Å². The van der Waals surface area contributed by atoms with Gasteiger partial charge in [-0.1, -0.05) is 6.07 Å². The Kier molecular flexibility index (Phi) is 5.90. The molecule has 0 aliphatic carbocycles. The molecular weight excluding hydrogens is 326 g/mol. The number of nitrogens with one attached hydrogen (secondary N) is 1. The summed E-state index contributed by atoms with van der Waals surface area (Å²) < 4.78 is 5.81. The highest BCUT2D eigenvalue weighted by atomic mass is 79.9. The molecule has 0 atom stereocenters. The van der Waals surface area contributed by atoms with Crippen molar-refractivity contribution in [1.29, 1.82) is 0 Å². The third-order valence-corrected chi connectivity index (χ3v) is 3.92. The van der Waals surface area contributed by atoms with Crippen molar-refractivity contribution in [3.8, 4) is 0 Å². The van der Waals surface area contributed by atoms with Gasteiger partial charge in [-0.05, 0) is 27.6 Å². The molecule has 0 bridgehead atoms. The van der Waals surface area contributed by atoms with Crippen molar-refractivity contribution < 1.29 is 9.66 Å². The van der Waals surface area contributed by atoms with Crippen molar-refractivity contribution in [2.45, 2.75) is 6.54 Å². The van der Waals surface area contributed by atoms with Gasteiger partial charge in [-0.25, -0.2) is 0 Å². The van der Waals surface area contributed by atoms with Gasteiger partial charge in [0.2, 0.25) is 0 Å². The van der Waals surface area contributed by atoms with Crippen LogP contribution >= 0.6 is 15.9 Å². The first-order valence-electron chi connectivity index (χ1n) is 6.60. The van der Waals surface area contributed by atoms with Gasteiger partial charge in [-0.3, -0.25) is 15.0 Å². The summed E-state index contributed by atoms with van der Waals surface area (Å²) in [6, 6.07) is 5.21. The Hall–Kier alpha value is -1.02. The number of halogens is 1. The molecule has 110 valence electrons. The summed E-state index contributed by atoms with van der Waals surface area (Å²) >= 11 is 3.18. The van der Waals surface area contributed by atoms with E-state index >= 15 is 0 Å². The van der Waals surface area contributed by atoms with Gasteiger partial charge in [0.15, 0.2) is 0 Å². The Balaban J connectivity index is 1.76. The average molecular weight is 344 g/mol. The topological polar surface area (TPSA) is 67.6 Å². The number of morpholine rings is 1. The maximum Gasteiger partial charge on any atom is 0.283 e. The first kappa shape index (κ1) is 15.4. The summed E-state index contributed by atoms with van der Waals surface area (Å²) in [5.74, 6) is 0. The van der Waals surface area contributed by atoms with Gasteiger partial charge in [0.25, 0.3) is 5.69 Å². The summed E-state index contributed by atoms with van der Waals surface area (Å²) in [5, 5.41) is 14.2. The second-order valence-electron chi connectivity index (χ2n) is 4.67. The minimum absolute atomic E-state index is 0.109. The summed E-state index contributed by atoms with van der Waals surface area (Å²) in [6.07, 6.45) is 0. The molecule has 20 heavy (non-hydrogen) atoms. The highest BCUT2D eigenvalue weighted by Gasteiger charge is 2.12. The van der Waals surface area contributed by atoms with Crippen molar-refractivity contribution in [3.05, 3.63) is 38.3 Å². The molecule has 1 fully saturated rings. The fraction of sp³-hybridized carbons (Fsp3) is 0.538. The zero-order valence-electron chi connectivity index (χ0n) is 11.2. The summed E-state index contributed by atoms with van der Waals surface area (Å²) in [5.41, 5.74) is 1.03. The number of hydrogen-bond acceptors (Lipinski definition) is 5. The van der Waals surface area contributed by atoms with E-state index in [0.717, 1.165) is 45.0 Å². The molecule has 1 aromatic rings. The monoisotopic (exact) mass is 343 g/mol. The lowest BCUT2D eigenvalue weighted by molar-refractivity contribution is -0.385. The normalized spacial score (nSPS) is 16.2. The second-order valence-corrected chi connectivity index (χ2v) is 5.53. The number of nitro groups is 1. The minimum Gasteiger partial charge on any atom is -0.379 e. The van der Waals surface area contributed by atoms with Crippen molar-refractivity contribution in [1.82, 2.24) is 10.2 Å². The molecule has 0 spiro atoms. The fourth-order valence-electron chi connectivity index (χ4n) is 2.10. The van der Waals surface area contributed by atoms with Gasteiger partial charge in [0, 0.05) is 38.8 Å². The Morgan fingerprint density at radius 2 is 2.15 bits per heavy atom. The summed E-state index contributed by atoms with van der Waals surface area (Å²) in [7, 11) is 0. The predicted molar refractivity (Wildman–Crippen MR) is 79.8 cm³/mol. The van der Waals surface area contributed by atoms with Crippen LogP contribution in [0.15, 0.2) is 22.7 Å². The number of benzene rings is 1. The molecule has 1 aromatic carbocycles. The first-order chi connectivity index (χ1) is 9.66. The van der Waals surface area contributed by atoms with Gasteiger partial charge in [-0.15, -0.1) is 0 Å². The second kappa shape index (κ2) is 7.68. The zero-order valence-corrected chi connectivity index (χ0v) is 12.8. The molecule has 1 heterocycles. The zero-order chi connectivity index (χ0) is 14.4. The van der Waals surface area contributed by atoms with Gasteiger partial charge >= 0.3 is 0 Å². The highest BCUT2D eigenvalue weighted by molar-refractivity contribution is 9.10. The molecule has 0 radical (unpaired) electrons. The van der Waals surface area contributed by atoms with E-state index in [0.29, 0.717) is 11.0 Å². The van der Waals surface area contributed by atoms with E-state index in [1.54, 1.807) is 12.1 Å². The smallest absolute Gasteiger partial charge is 0.283 e. The molecule has 1 aliphatic rings. The van der Waals surface area contributed by atoms with Crippen LogP contribution in [0.1, 0.15) is 5.56 Å². The standard InChI is InChI=1S/C13H18BrN3O3/c14-12-2-1-11(9-13(12)17(18)19)10-15-3-4-16-5-7-20-8-6-16/h1-2,9,15H,3-8,10H2. The molecule has 0 amide bonds. The van der Waals surface area contributed by atoms with E-state index < -0.39 is 0 Å². The van der Waals surface area contributed by atoms with E-state index in [1.807, 2.05) is 6.07 Å². The van der Waals surface area contributed by atoms with Crippen molar-refractivity contribution in [3.63, 3.8) is 0 Å². The van der Waals surface area contributed by atoms with Crippen LogP contribution in [0.25, 0.3) is 0 Å². The SMILES string of the molecule is O=[N+]([O-])c1cc(CNCCN2CCOCC2)ccc1Br. The van der Waals surface area contributed by atoms with Gasteiger partial charge < -0.3 is 10.1 Å². The van der Waals surface area contributed by atoms with Crippen LogP contribution in [0.4, 0.5) is 5.69 Å². The van der Waals surface area contributed by atoms with E-state index in [1.165, 1.54) is 0 Å². The van der Waals surface area contributed by atoms with Crippen LogP contribution in [0.5, 0.6) is 0 Å². The number of ether oxygens (including phenoxy) is 1. The van der Waals surface area contributed by atoms with Gasteiger partial charge in [0.1, 0.15) is 0 Å². The van der Waals surface area contributed by atoms with Gasteiger partial charge in [-0.2, -0.15) is 0 Å². The minimum atomic E-state index is -0.374. The number of nitrogens with zero attached hydrogens (tertiary/aromatic N) is 2. The van der Waals surface area contributed by atoms with E-state index in [4.69, 9.17) is 4.74 Å². The quantitative estimate of drug-likeness (QED) is 0.484. The maximum atomic E-state index is 10.8. The Morgan fingerprint density at radius 1 is 1.40 bits per heavy atom. The molecule has 1 aliphatic heterocycles. The lowest BCUT2D eigenvalue weighted by Crippen LogP contribution is -2.40. The largest absolute Gasteiger partial charge is 0.379 e. The molecule has 7 heteroatoms. The van der Waals surface area contributed by atoms with Crippen LogP contribution in [-0.4, -0.2) is 49.2 Å². The Labute approximate surface area is 126 Å². The lowest BCUT2D eigenvalue weighted by Gasteiger charge is -2.26. The third-order valence-electron chi connectivity index (χ3n) is 3.24. The molecular formula is C13H18BrN3O3. The summed E-state index contributed by atoms with van der Waals surface area (Å²) in [4.78, 5) is 12.8. The van der Waals surface area contributed by atoms with Crippen molar-refractivity contribution in [2.75, 3.05) is 39.4 Å². The van der Waals surface area contributed by atoms with Gasteiger partial charge in [0.05, 0.1) is 22.6 Å². The summed E-state index contributed by atoms with van der Waals surface area (Å²) in [6.45, 7) is 6.04. The van der Waals surface area contributed by atoms with E-state index in [9.17, 15) is 10.1 Å². The molecule has 0 unspecified atom stereocenters.